The van der Waals surface area contributed by atoms with Crippen molar-refractivity contribution in [2.24, 2.45) is 11.7 Å². The van der Waals surface area contributed by atoms with Crippen molar-refractivity contribution in [1.29, 1.82) is 10.7 Å². The highest BCUT2D eigenvalue weighted by Crippen LogP contribution is 2.35. The maximum absolute atomic E-state index is 12.9. The van der Waals surface area contributed by atoms with Crippen molar-refractivity contribution in [3.8, 4) is 6.19 Å². The quantitative estimate of drug-likeness (QED) is 0.103. The van der Waals surface area contributed by atoms with Gasteiger partial charge in [0.1, 0.15) is 0 Å². The molecular formula is C20H26N6O4. The fourth-order valence-corrected chi connectivity index (χ4v) is 3.94. The van der Waals surface area contributed by atoms with E-state index >= 15 is 0 Å². The van der Waals surface area contributed by atoms with Gasteiger partial charge in [-0.1, -0.05) is 31.5 Å². The molecule has 30 heavy (non-hydrogen) atoms. The van der Waals surface area contributed by atoms with Crippen LogP contribution in [0.1, 0.15) is 49.4 Å². The lowest BCUT2D eigenvalue weighted by Crippen LogP contribution is -2.67. The molecule has 1 fully saturated rings. The number of amides is 1. The molecule has 1 aromatic rings. The van der Waals surface area contributed by atoms with Gasteiger partial charge in [-0.2, -0.15) is 10.7 Å². The standard InChI is InChI=1S/C20H26N6O4/c1-2-16(27)20(26-19(22)23,18(29)30-24-12-21)14-9-6-10-15(11-14)25-17(28)13-7-4-3-5-8-13/h3-5,7-8,14-15,24H,2,6,9-11H2,1H3,(H,25,28)(H4,22,23,26). The van der Waals surface area contributed by atoms with Gasteiger partial charge in [-0.25, -0.2) is 4.79 Å². The molecule has 0 saturated heterocycles. The lowest BCUT2D eigenvalue weighted by Gasteiger charge is -2.41. The van der Waals surface area contributed by atoms with Crippen LogP contribution >= 0.6 is 0 Å². The highest BCUT2D eigenvalue weighted by molar-refractivity contribution is 6.11. The number of ketones is 1. The Morgan fingerprint density at radius 3 is 2.60 bits per heavy atom. The predicted octanol–water partition coefficient (Wildman–Crippen LogP) is 0.705. The van der Waals surface area contributed by atoms with E-state index in [0.717, 1.165) is 0 Å². The van der Waals surface area contributed by atoms with Gasteiger partial charge in [0.25, 0.3) is 5.91 Å². The highest BCUT2D eigenvalue weighted by atomic mass is 16.7. The first-order chi connectivity index (χ1) is 14.3. The number of carbonyl (C=O) groups excluding carboxylic acids is 3. The van der Waals surface area contributed by atoms with E-state index in [1.165, 1.54) is 6.19 Å². The van der Waals surface area contributed by atoms with Gasteiger partial charge < -0.3 is 21.2 Å². The van der Waals surface area contributed by atoms with Crippen LogP contribution in [0.2, 0.25) is 0 Å². The van der Waals surface area contributed by atoms with Gasteiger partial charge in [-0.15, -0.1) is 0 Å². The number of guanidine groups is 1. The number of hydroxylamine groups is 1. The average Bonchev–Trinajstić information content (AvgIpc) is 2.75. The molecule has 1 aliphatic rings. The molecule has 0 bridgehead atoms. The van der Waals surface area contributed by atoms with E-state index in [-0.39, 0.29) is 18.4 Å². The molecule has 1 aromatic carbocycles. The summed E-state index contributed by atoms with van der Waals surface area (Å²) in [5, 5.41) is 21.7. The Balaban J connectivity index is 2.29. The molecule has 1 aliphatic carbocycles. The molecule has 1 saturated carbocycles. The minimum Gasteiger partial charge on any atom is -0.370 e. The number of carbonyl (C=O) groups is 3. The van der Waals surface area contributed by atoms with Crippen LogP contribution in [0.15, 0.2) is 30.3 Å². The van der Waals surface area contributed by atoms with Gasteiger partial charge in [-0.3, -0.25) is 15.0 Å². The third kappa shape index (κ3) is 5.05. The second kappa shape index (κ2) is 10.2. The van der Waals surface area contributed by atoms with Gasteiger partial charge in [0, 0.05) is 23.9 Å². The first-order valence-electron chi connectivity index (χ1n) is 9.71. The number of nitrogens with one attached hydrogen (secondary N) is 4. The van der Waals surface area contributed by atoms with Crippen LogP contribution in [0.25, 0.3) is 0 Å². The third-order valence-electron chi connectivity index (χ3n) is 5.26. The molecule has 10 heteroatoms. The fraction of sp³-hybridized carbons (Fsp3) is 0.450. The van der Waals surface area contributed by atoms with Crippen LogP contribution in [0.5, 0.6) is 0 Å². The molecule has 6 N–H and O–H groups in total. The zero-order valence-electron chi connectivity index (χ0n) is 16.7. The molecule has 0 aliphatic heterocycles. The van der Waals surface area contributed by atoms with Gasteiger partial charge in [-0.05, 0) is 31.4 Å². The normalized spacial score (nSPS) is 20.0. The number of hydrogen-bond donors (Lipinski definition) is 5. The fourth-order valence-electron chi connectivity index (χ4n) is 3.94. The van der Waals surface area contributed by atoms with E-state index in [0.29, 0.717) is 31.2 Å². The average molecular weight is 414 g/mol. The SMILES string of the molecule is CCC(=O)C(NC(=N)N)(C(=O)ONC#N)C1CCCC(NC(=O)c2ccccc2)C1. The van der Waals surface area contributed by atoms with E-state index in [2.05, 4.69) is 10.6 Å². The Labute approximate surface area is 174 Å². The smallest absolute Gasteiger partial charge is 0.366 e. The number of rotatable bonds is 8. The predicted molar refractivity (Wildman–Crippen MR) is 108 cm³/mol. The molecule has 1 amide bonds. The summed E-state index contributed by atoms with van der Waals surface area (Å²) in [6, 6.07) is 8.45. The van der Waals surface area contributed by atoms with Crippen molar-refractivity contribution in [1.82, 2.24) is 16.1 Å². The Hall–Kier alpha value is -3.61. The van der Waals surface area contributed by atoms with Crippen molar-refractivity contribution >= 4 is 23.6 Å². The van der Waals surface area contributed by atoms with E-state index in [4.69, 9.17) is 21.2 Å². The molecular weight excluding hydrogens is 388 g/mol. The number of nitrogens with two attached hydrogens (primary N) is 1. The number of benzene rings is 1. The minimum atomic E-state index is -1.93. The van der Waals surface area contributed by atoms with Crippen LogP contribution < -0.4 is 21.8 Å². The van der Waals surface area contributed by atoms with Crippen molar-refractivity contribution in [3.05, 3.63) is 35.9 Å². The van der Waals surface area contributed by atoms with Gasteiger partial charge >= 0.3 is 5.97 Å². The first kappa shape index (κ1) is 22.7. The number of nitriles is 1. The van der Waals surface area contributed by atoms with Gasteiger partial charge in [0.15, 0.2) is 11.7 Å². The Morgan fingerprint density at radius 2 is 2.00 bits per heavy atom. The van der Waals surface area contributed by atoms with Crippen LogP contribution in [0.3, 0.4) is 0 Å². The van der Waals surface area contributed by atoms with Crippen molar-refractivity contribution in [2.45, 2.75) is 50.6 Å². The highest BCUT2D eigenvalue weighted by Gasteiger charge is 2.54. The van der Waals surface area contributed by atoms with Crippen LogP contribution in [0, 0.1) is 22.8 Å². The largest absolute Gasteiger partial charge is 0.370 e. The number of Topliss-reactive ketones (excluding diaryl/α,β-unsaturated/α-hetero) is 1. The van der Waals surface area contributed by atoms with E-state index < -0.39 is 29.2 Å². The summed E-state index contributed by atoms with van der Waals surface area (Å²) in [6.45, 7) is 1.58. The molecule has 0 radical (unpaired) electrons. The first-order valence-corrected chi connectivity index (χ1v) is 9.71. The van der Waals surface area contributed by atoms with E-state index in [1.807, 2.05) is 6.07 Å². The Kier molecular flexibility index (Phi) is 7.75. The summed E-state index contributed by atoms with van der Waals surface area (Å²) in [7, 11) is 0. The third-order valence-corrected chi connectivity index (χ3v) is 5.26. The second-order valence-electron chi connectivity index (χ2n) is 7.13. The lowest BCUT2D eigenvalue weighted by molar-refractivity contribution is -0.163. The maximum Gasteiger partial charge on any atom is 0.366 e. The molecule has 160 valence electrons. The van der Waals surface area contributed by atoms with Crippen LogP contribution in [-0.2, 0) is 14.4 Å². The monoisotopic (exact) mass is 414 g/mol. The number of nitrogens with zero attached hydrogens (tertiary/aromatic N) is 1. The van der Waals surface area contributed by atoms with Crippen LogP contribution in [0.4, 0.5) is 0 Å². The molecule has 0 aromatic heterocycles. The zero-order valence-corrected chi connectivity index (χ0v) is 16.7. The minimum absolute atomic E-state index is 0.0144. The Morgan fingerprint density at radius 1 is 1.30 bits per heavy atom. The molecule has 10 nitrogen and oxygen atoms in total. The molecule has 2 rings (SSSR count). The molecule has 0 spiro atoms. The Bertz CT molecular complexity index is 837. The summed E-state index contributed by atoms with van der Waals surface area (Å²) < 4.78 is 0. The van der Waals surface area contributed by atoms with E-state index in [1.54, 1.807) is 36.7 Å². The van der Waals surface area contributed by atoms with Crippen molar-refractivity contribution in [2.75, 3.05) is 0 Å². The zero-order chi connectivity index (χ0) is 22.1. The second-order valence-corrected chi connectivity index (χ2v) is 7.13. The summed E-state index contributed by atoms with van der Waals surface area (Å²) in [4.78, 5) is 43.0. The summed E-state index contributed by atoms with van der Waals surface area (Å²) >= 11 is 0. The lowest BCUT2D eigenvalue weighted by atomic mass is 9.70. The van der Waals surface area contributed by atoms with Gasteiger partial charge in [0.2, 0.25) is 11.7 Å². The summed E-state index contributed by atoms with van der Waals surface area (Å²) in [6.07, 6.45) is 3.54. The maximum atomic E-state index is 12.9. The van der Waals surface area contributed by atoms with Crippen LogP contribution in [-0.4, -0.2) is 35.2 Å². The molecule has 3 unspecified atom stereocenters. The van der Waals surface area contributed by atoms with Crippen molar-refractivity contribution in [3.63, 3.8) is 0 Å². The van der Waals surface area contributed by atoms with E-state index in [9.17, 15) is 14.4 Å². The molecule has 3 atom stereocenters. The van der Waals surface area contributed by atoms with Gasteiger partial charge in [0.05, 0.1) is 0 Å². The molecule has 0 heterocycles. The topological polar surface area (TPSA) is 170 Å². The van der Waals surface area contributed by atoms with Crippen molar-refractivity contribution < 1.29 is 19.2 Å². The summed E-state index contributed by atoms with van der Waals surface area (Å²) in [5.41, 5.74) is 5.86. The summed E-state index contributed by atoms with van der Waals surface area (Å²) in [5.74, 6) is -2.96. The number of hydrogen-bond acceptors (Lipinski definition) is 7.